The average Bonchev–Trinajstić information content (AvgIpc) is 3.25. The molecule has 1 N–H and O–H groups in total. The zero-order valence-electron chi connectivity index (χ0n) is 17.2. The van der Waals surface area contributed by atoms with Crippen molar-refractivity contribution < 1.29 is 9.13 Å². The van der Waals surface area contributed by atoms with E-state index < -0.39 is 5.82 Å². The summed E-state index contributed by atoms with van der Waals surface area (Å²) in [6.07, 6.45) is 3.16. The van der Waals surface area contributed by atoms with E-state index in [1.165, 1.54) is 29.5 Å². The lowest BCUT2D eigenvalue weighted by molar-refractivity contribution is 0.462. The van der Waals surface area contributed by atoms with Gasteiger partial charge in [-0.2, -0.15) is 15.5 Å². The van der Waals surface area contributed by atoms with E-state index in [0.29, 0.717) is 16.5 Å². The number of anilines is 2. The van der Waals surface area contributed by atoms with Crippen molar-refractivity contribution in [3.05, 3.63) is 75.9 Å². The van der Waals surface area contributed by atoms with Crippen molar-refractivity contribution in [1.29, 1.82) is 10.5 Å². The Morgan fingerprint density at radius 3 is 2.56 bits per heavy atom. The Labute approximate surface area is 187 Å². The number of rotatable bonds is 5. The molecule has 2 heterocycles. The number of benzene rings is 2. The summed E-state index contributed by atoms with van der Waals surface area (Å²) in [7, 11) is 0. The van der Waals surface area contributed by atoms with Gasteiger partial charge in [0.15, 0.2) is 0 Å². The molecule has 8 heteroatoms. The summed E-state index contributed by atoms with van der Waals surface area (Å²) in [6, 6.07) is 13.7. The number of nitriles is 2. The van der Waals surface area contributed by atoms with Crippen LogP contribution in [0.2, 0.25) is 0 Å². The van der Waals surface area contributed by atoms with E-state index in [0.717, 1.165) is 28.1 Å². The van der Waals surface area contributed by atoms with E-state index in [2.05, 4.69) is 15.3 Å². The van der Waals surface area contributed by atoms with Crippen molar-refractivity contribution in [3.8, 4) is 23.8 Å². The number of aryl methyl sites for hydroxylation is 2. The first-order chi connectivity index (χ1) is 15.5. The second kappa shape index (κ2) is 8.84. The minimum absolute atomic E-state index is 0.159. The van der Waals surface area contributed by atoms with Crippen molar-refractivity contribution in [2.24, 2.45) is 0 Å². The molecule has 0 aliphatic carbocycles. The first-order valence-electron chi connectivity index (χ1n) is 9.55. The molecule has 0 radical (unpaired) electrons. The molecule has 0 aliphatic rings. The van der Waals surface area contributed by atoms with E-state index in [1.807, 2.05) is 49.6 Å². The topological polar surface area (TPSA) is 94.6 Å². The highest BCUT2D eigenvalue weighted by Crippen LogP contribution is 2.35. The van der Waals surface area contributed by atoms with E-state index in [9.17, 15) is 4.39 Å². The standard InChI is InChI=1S/C24H16FN5OS/c1-14-10-16(4-3-8-26)11-15(2)21(14)31-22-18-7-9-32-23(18)30-24(29-22)28-20-6-5-17(13-27)12-19(20)25/h3-7,9-12H,1-2H3,(H,28,29,30)/b4-3+. The zero-order chi connectivity index (χ0) is 22.7. The number of thiophene rings is 1. The highest BCUT2D eigenvalue weighted by atomic mass is 32.1. The van der Waals surface area contributed by atoms with Crippen LogP contribution >= 0.6 is 11.3 Å². The van der Waals surface area contributed by atoms with Crippen LogP contribution in [0.3, 0.4) is 0 Å². The Balaban J connectivity index is 1.71. The molecule has 0 fully saturated rings. The van der Waals surface area contributed by atoms with Crippen LogP contribution in [0.15, 0.2) is 47.9 Å². The molecule has 6 nitrogen and oxygen atoms in total. The van der Waals surface area contributed by atoms with Crippen molar-refractivity contribution in [1.82, 2.24) is 9.97 Å². The summed E-state index contributed by atoms with van der Waals surface area (Å²) in [5.41, 5.74) is 3.06. The van der Waals surface area contributed by atoms with Crippen LogP contribution in [0.25, 0.3) is 16.3 Å². The quantitative estimate of drug-likeness (QED) is 0.361. The first-order valence-corrected chi connectivity index (χ1v) is 10.4. The van der Waals surface area contributed by atoms with Gasteiger partial charge >= 0.3 is 0 Å². The summed E-state index contributed by atoms with van der Waals surface area (Å²) >= 11 is 1.42. The van der Waals surface area contributed by atoms with E-state index in [1.54, 1.807) is 6.08 Å². The molecule has 0 saturated carbocycles. The van der Waals surface area contributed by atoms with E-state index in [-0.39, 0.29) is 17.2 Å². The Kier molecular flexibility index (Phi) is 5.80. The molecular formula is C24H16FN5OS. The second-order valence-corrected chi connectivity index (χ2v) is 7.87. The number of allylic oxidation sites excluding steroid dienone is 1. The highest BCUT2D eigenvalue weighted by molar-refractivity contribution is 7.16. The van der Waals surface area contributed by atoms with Crippen molar-refractivity contribution in [2.75, 3.05) is 5.32 Å². The van der Waals surface area contributed by atoms with Gasteiger partial charge in [-0.3, -0.25) is 0 Å². The molecule has 4 rings (SSSR count). The van der Waals surface area contributed by atoms with Gasteiger partial charge in [-0.1, -0.05) is 0 Å². The zero-order valence-corrected chi connectivity index (χ0v) is 18.0. The summed E-state index contributed by atoms with van der Waals surface area (Å²) in [4.78, 5) is 9.62. The maximum Gasteiger partial charge on any atom is 0.232 e. The summed E-state index contributed by atoms with van der Waals surface area (Å²) in [5, 5.41) is 23.2. The summed E-state index contributed by atoms with van der Waals surface area (Å²) in [6.45, 7) is 3.84. The second-order valence-electron chi connectivity index (χ2n) is 6.97. The number of halogens is 1. The largest absolute Gasteiger partial charge is 0.438 e. The SMILES string of the molecule is Cc1cc(/C=C/C#N)cc(C)c1Oc1nc(Nc2ccc(C#N)cc2F)nc2sccc12. The minimum Gasteiger partial charge on any atom is -0.438 e. The molecule has 4 aromatic rings. The van der Waals surface area contributed by atoms with E-state index in [4.69, 9.17) is 15.3 Å². The van der Waals surface area contributed by atoms with Crippen LogP contribution in [0, 0.1) is 42.3 Å². The van der Waals surface area contributed by atoms with Crippen LogP contribution in [0.5, 0.6) is 11.6 Å². The molecular weight excluding hydrogens is 425 g/mol. The van der Waals surface area contributed by atoms with Crippen LogP contribution < -0.4 is 10.1 Å². The maximum absolute atomic E-state index is 14.3. The van der Waals surface area contributed by atoms with Crippen molar-refractivity contribution in [3.63, 3.8) is 0 Å². The molecule has 2 aromatic carbocycles. The number of hydrogen-bond donors (Lipinski definition) is 1. The van der Waals surface area contributed by atoms with Crippen molar-refractivity contribution in [2.45, 2.75) is 13.8 Å². The van der Waals surface area contributed by atoms with Gasteiger partial charge in [-0.25, -0.2) is 9.37 Å². The van der Waals surface area contributed by atoms with Gasteiger partial charge in [0.2, 0.25) is 11.8 Å². The molecule has 156 valence electrons. The monoisotopic (exact) mass is 441 g/mol. The van der Waals surface area contributed by atoms with Gasteiger partial charge in [-0.05, 0) is 78.4 Å². The molecule has 2 aromatic heterocycles. The highest BCUT2D eigenvalue weighted by Gasteiger charge is 2.15. The van der Waals surface area contributed by atoms with Gasteiger partial charge < -0.3 is 10.1 Å². The average molecular weight is 441 g/mol. The van der Waals surface area contributed by atoms with Crippen LogP contribution in [-0.4, -0.2) is 9.97 Å². The molecule has 0 spiro atoms. The lowest BCUT2D eigenvalue weighted by Crippen LogP contribution is -2.02. The third-order valence-corrected chi connectivity index (χ3v) is 5.47. The van der Waals surface area contributed by atoms with Gasteiger partial charge in [0.25, 0.3) is 0 Å². The number of aromatic nitrogens is 2. The number of ether oxygens (including phenoxy) is 1. The van der Waals surface area contributed by atoms with Gasteiger partial charge in [0.05, 0.1) is 28.8 Å². The van der Waals surface area contributed by atoms with Crippen molar-refractivity contribution >= 4 is 39.3 Å². The number of nitrogens with zero attached hydrogens (tertiary/aromatic N) is 4. The Hall–Kier alpha value is -4.27. The lowest BCUT2D eigenvalue weighted by atomic mass is 10.1. The smallest absolute Gasteiger partial charge is 0.232 e. The number of fused-ring (bicyclic) bond motifs is 1. The third kappa shape index (κ3) is 4.27. The fourth-order valence-electron chi connectivity index (χ4n) is 3.24. The van der Waals surface area contributed by atoms with E-state index >= 15 is 0 Å². The minimum atomic E-state index is -0.575. The van der Waals surface area contributed by atoms with Gasteiger partial charge in [-0.15, -0.1) is 11.3 Å². The summed E-state index contributed by atoms with van der Waals surface area (Å²) < 4.78 is 20.5. The third-order valence-electron chi connectivity index (χ3n) is 4.67. The van der Waals surface area contributed by atoms with Crippen LogP contribution in [-0.2, 0) is 0 Å². The molecule has 0 atom stereocenters. The van der Waals surface area contributed by atoms with Crippen LogP contribution in [0.1, 0.15) is 22.3 Å². The number of hydrogen-bond acceptors (Lipinski definition) is 7. The molecule has 0 saturated heterocycles. The van der Waals surface area contributed by atoms with Crippen LogP contribution in [0.4, 0.5) is 16.0 Å². The molecule has 32 heavy (non-hydrogen) atoms. The Morgan fingerprint density at radius 1 is 1.09 bits per heavy atom. The molecule has 0 unspecified atom stereocenters. The molecule has 0 bridgehead atoms. The molecule has 0 amide bonds. The normalized spacial score (nSPS) is 10.8. The van der Waals surface area contributed by atoms with Gasteiger partial charge in [0, 0.05) is 6.08 Å². The maximum atomic E-state index is 14.3. The fraction of sp³-hybridized carbons (Fsp3) is 0.0833. The fourth-order valence-corrected chi connectivity index (χ4v) is 3.99. The Bertz CT molecular complexity index is 1420. The predicted octanol–water partition coefficient (Wildman–Crippen LogP) is 6.39. The van der Waals surface area contributed by atoms with Gasteiger partial charge in [0.1, 0.15) is 16.4 Å². The molecule has 0 aliphatic heterocycles. The number of nitrogens with one attached hydrogen (secondary N) is 1. The lowest BCUT2D eigenvalue weighted by Gasteiger charge is -2.14. The predicted molar refractivity (Wildman–Crippen MR) is 122 cm³/mol. The first kappa shape index (κ1) is 21.0. The Morgan fingerprint density at radius 2 is 1.88 bits per heavy atom. The summed E-state index contributed by atoms with van der Waals surface area (Å²) in [5.74, 6) is 0.608.